The zero-order chi connectivity index (χ0) is 13.9. The van der Waals surface area contributed by atoms with Gasteiger partial charge in [-0.1, -0.05) is 36.8 Å². The van der Waals surface area contributed by atoms with Crippen LogP contribution in [0.3, 0.4) is 0 Å². The summed E-state index contributed by atoms with van der Waals surface area (Å²) in [5, 5.41) is 0. The second-order valence-corrected chi connectivity index (χ2v) is 7.06. The minimum absolute atomic E-state index is 0.145. The fraction of sp³-hybridized carbons (Fsp3) is 0.571. The molecule has 1 aromatic carbocycles. The predicted octanol–water partition coefficient (Wildman–Crippen LogP) is 2.41. The summed E-state index contributed by atoms with van der Waals surface area (Å²) in [4.78, 5) is 0. The van der Waals surface area contributed by atoms with Crippen molar-refractivity contribution in [3.63, 3.8) is 0 Å². The Morgan fingerprint density at radius 3 is 2.26 bits per heavy atom. The molecule has 19 heavy (non-hydrogen) atoms. The van der Waals surface area contributed by atoms with Crippen molar-refractivity contribution < 1.29 is 8.42 Å². The van der Waals surface area contributed by atoms with Crippen LogP contribution in [-0.4, -0.2) is 37.2 Å². The fourth-order valence-electron chi connectivity index (χ4n) is 2.42. The molecule has 5 heteroatoms. The summed E-state index contributed by atoms with van der Waals surface area (Å²) >= 11 is 0. The Hall–Kier alpha value is -0.910. The minimum atomic E-state index is -3.34. The van der Waals surface area contributed by atoms with E-state index in [0.717, 1.165) is 24.8 Å². The zero-order valence-corrected chi connectivity index (χ0v) is 12.4. The first-order valence-corrected chi connectivity index (χ1v) is 8.21. The van der Waals surface area contributed by atoms with Gasteiger partial charge in [0.1, 0.15) is 0 Å². The lowest BCUT2D eigenvalue weighted by Gasteiger charge is -2.33. The molecule has 1 saturated heterocycles. The van der Waals surface area contributed by atoms with Crippen LogP contribution in [0.5, 0.6) is 0 Å². The Kier molecular flexibility index (Phi) is 4.60. The van der Waals surface area contributed by atoms with Gasteiger partial charge in [0.2, 0.25) is 0 Å². The van der Waals surface area contributed by atoms with Crippen LogP contribution in [0.25, 0.3) is 0 Å². The summed E-state index contributed by atoms with van der Waals surface area (Å²) < 4.78 is 28.2. The van der Waals surface area contributed by atoms with E-state index in [1.165, 1.54) is 4.31 Å². The predicted molar refractivity (Wildman–Crippen MR) is 77.0 cm³/mol. The topological polar surface area (TPSA) is 40.6 Å². The highest BCUT2D eigenvalue weighted by Gasteiger charge is 2.31. The summed E-state index contributed by atoms with van der Waals surface area (Å²) in [6, 6.07) is 9.60. The first-order chi connectivity index (χ1) is 9.03. The Labute approximate surface area is 116 Å². The van der Waals surface area contributed by atoms with E-state index in [4.69, 9.17) is 0 Å². The molecule has 0 aliphatic carbocycles. The van der Waals surface area contributed by atoms with Gasteiger partial charge in [-0.3, -0.25) is 0 Å². The highest BCUT2D eigenvalue weighted by molar-refractivity contribution is 7.86. The molecule has 1 atom stereocenters. The first kappa shape index (κ1) is 14.5. The van der Waals surface area contributed by atoms with Crippen LogP contribution in [0.15, 0.2) is 30.3 Å². The molecule has 0 spiro atoms. The van der Waals surface area contributed by atoms with Gasteiger partial charge in [-0.15, -0.1) is 0 Å². The normalized spacial score (nSPS) is 19.5. The molecular formula is C14H22N2O2S. The van der Waals surface area contributed by atoms with Crippen molar-refractivity contribution in [2.24, 2.45) is 0 Å². The third kappa shape index (κ3) is 3.16. The Balaban J connectivity index is 2.15. The maximum Gasteiger partial charge on any atom is 0.282 e. The molecule has 4 nitrogen and oxygen atoms in total. The number of rotatable bonds is 4. The summed E-state index contributed by atoms with van der Waals surface area (Å²) in [6.45, 7) is 3.22. The van der Waals surface area contributed by atoms with Crippen molar-refractivity contribution in [2.45, 2.75) is 32.2 Å². The molecule has 0 N–H and O–H groups in total. The molecule has 0 amide bonds. The van der Waals surface area contributed by atoms with Crippen LogP contribution in [0, 0.1) is 0 Å². The molecule has 0 saturated carbocycles. The summed E-state index contributed by atoms with van der Waals surface area (Å²) in [5.74, 6) is 0. The average molecular weight is 282 g/mol. The Morgan fingerprint density at radius 2 is 1.68 bits per heavy atom. The van der Waals surface area contributed by atoms with Crippen LogP contribution in [0.2, 0.25) is 0 Å². The average Bonchev–Trinajstić information content (AvgIpc) is 2.47. The number of hydrogen-bond donors (Lipinski definition) is 0. The molecule has 2 rings (SSSR count). The SMILES string of the molecule is CC(c1ccccc1)N(C)S(=O)(=O)N1CCCCC1. The zero-order valence-electron chi connectivity index (χ0n) is 11.6. The van der Waals surface area contributed by atoms with Crippen molar-refractivity contribution >= 4 is 10.2 Å². The van der Waals surface area contributed by atoms with Crippen LogP contribution in [0.4, 0.5) is 0 Å². The van der Waals surface area contributed by atoms with E-state index in [0.29, 0.717) is 13.1 Å². The molecule has 1 aromatic rings. The number of benzene rings is 1. The van der Waals surface area contributed by atoms with Gasteiger partial charge < -0.3 is 0 Å². The van der Waals surface area contributed by atoms with E-state index >= 15 is 0 Å². The second-order valence-electron chi connectivity index (χ2n) is 5.07. The Morgan fingerprint density at radius 1 is 1.11 bits per heavy atom. The van der Waals surface area contributed by atoms with Crippen molar-refractivity contribution in [1.82, 2.24) is 8.61 Å². The van der Waals surface area contributed by atoms with Crippen molar-refractivity contribution in [3.8, 4) is 0 Å². The lowest BCUT2D eigenvalue weighted by molar-refractivity contribution is 0.297. The van der Waals surface area contributed by atoms with E-state index in [-0.39, 0.29) is 6.04 Å². The van der Waals surface area contributed by atoms with Gasteiger partial charge in [0.05, 0.1) is 0 Å². The molecule has 1 fully saturated rings. The molecule has 1 aliphatic rings. The summed E-state index contributed by atoms with van der Waals surface area (Å²) in [6.07, 6.45) is 3.06. The van der Waals surface area contributed by atoms with Gasteiger partial charge in [0.15, 0.2) is 0 Å². The smallest absolute Gasteiger partial charge is 0.195 e. The monoisotopic (exact) mass is 282 g/mol. The third-order valence-electron chi connectivity index (χ3n) is 3.83. The maximum absolute atomic E-state index is 12.6. The fourth-order valence-corrected chi connectivity index (χ4v) is 4.02. The van der Waals surface area contributed by atoms with Gasteiger partial charge >= 0.3 is 0 Å². The number of nitrogens with zero attached hydrogens (tertiary/aromatic N) is 2. The molecule has 1 aliphatic heterocycles. The molecule has 0 radical (unpaired) electrons. The maximum atomic E-state index is 12.6. The lowest BCUT2D eigenvalue weighted by atomic mass is 10.1. The minimum Gasteiger partial charge on any atom is -0.195 e. The van der Waals surface area contributed by atoms with E-state index < -0.39 is 10.2 Å². The molecule has 106 valence electrons. The quantitative estimate of drug-likeness (QED) is 0.851. The van der Waals surface area contributed by atoms with Crippen molar-refractivity contribution in [3.05, 3.63) is 35.9 Å². The van der Waals surface area contributed by atoms with Crippen molar-refractivity contribution in [2.75, 3.05) is 20.1 Å². The standard InChI is InChI=1S/C14H22N2O2S/c1-13(14-9-5-3-6-10-14)15(2)19(17,18)16-11-7-4-8-12-16/h3,5-6,9-10,13H,4,7-8,11-12H2,1-2H3. The van der Waals surface area contributed by atoms with E-state index in [1.807, 2.05) is 37.3 Å². The van der Waals surface area contributed by atoms with Gasteiger partial charge in [-0.05, 0) is 25.3 Å². The van der Waals surface area contributed by atoms with Gasteiger partial charge in [0, 0.05) is 26.2 Å². The van der Waals surface area contributed by atoms with E-state index in [2.05, 4.69) is 0 Å². The number of hydrogen-bond acceptors (Lipinski definition) is 2. The molecule has 1 heterocycles. The summed E-state index contributed by atoms with van der Waals surface area (Å²) in [5.41, 5.74) is 1.02. The van der Waals surface area contributed by atoms with Gasteiger partial charge in [-0.2, -0.15) is 17.0 Å². The van der Waals surface area contributed by atoms with E-state index in [1.54, 1.807) is 11.4 Å². The number of piperidine rings is 1. The van der Waals surface area contributed by atoms with Crippen LogP contribution in [0.1, 0.15) is 37.8 Å². The molecular weight excluding hydrogens is 260 g/mol. The lowest BCUT2D eigenvalue weighted by Crippen LogP contribution is -2.45. The largest absolute Gasteiger partial charge is 0.282 e. The van der Waals surface area contributed by atoms with Crippen LogP contribution in [-0.2, 0) is 10.2 Å². The molecule has 1 unspecified atom stereocenters. The van der Waals surface area contributed by atoms with Crippen LogP contribution >= 0.6 is 0 Å². The molecule has 0 bridgehead atoms. The highest BCUT2D eigenvalue weighted by Crippen LogP contribution is 2.24. The molecule has 0 aromatic heterocycles. The first-order valence-electron chi connectivity index (χ1n) is 6.81. The highest BCUT2D eigenvalue weighted by atomic mass is 32.2. The van der Waals surface area contributed by atoms with Crippen LogP contribution < -0.4 is 0 Å². The third-order valence-corrected chi connectivity index (χ3v) is 5.89. The van der Waals surface area contributed by atoms with E-state index in [9.17, 15) is 8.42 Å². The van der Waals surface area contributed by atoms with Crippen molar-refractivity contribution in [1.29, 1.82) is 0 Å². The second kappa shape index (κ2) is 6.03. The van der Waals surface area contributed by atoms with Gasteiger partial charge in [0.25, 0.3) is 10.2 Å². The Bertz CT molecular complexity index is 495. The van der Waals surface area contributed by atoms with Gasteiger partial charge in [-0.25, -0.2) is 0 Å². The summed E-state index contributed by atoms with van der Waals surface area (Å²) in [7, 11) is -1.67.